The molecule has 0 radical (unpaired) electrons. The molecule has 1 aromatic heterocycles. The zero-order valence-corrected chi connectivity index (χ0v) is 22.5. The number of halogens is 2. The Morgan fingerprint density at radius 3 is 2.56 bits per heavy atom. The predicted octanol–water partition coefficient (Wildman–Crippen LogP) is 5.85. The number of nitrogens with zero attached hydrogens (tertiary/aromatic N) is 2. The number of primary amides is 1. The van der Waals surface area contributed by atoms with Crippen LogP contribution in [0.5, 0.6) is 0 Å². The second-order valence-electron chi connectivity index (χ2n) is 10.5. The van der Waals surface area contributed by atoms with Gasteiger partial charge in [-0.05, 0) is 74.1 Å². The van der Waals surface area contributed by atoms with Gasteiger partial charge in [-0.3, -0.25) is 4.79 Å². The summed E-state index contributed by atoms with van der Waals surface area (Å²) in [4.78, 5) is 12.4. The summed E-state index contributed by atoms with van der Waals surface area (Å²) in [6.45, 7) is 2.54. The highest BCUT2D eigenvalue weighted by atomic mass is 35.5. The molecule has 4 N–H and O–H groups in total. The molecule has 8 heteroatoms. The van der Waals surface area contributed by atoms with E-state index in [1.807, 2.05) is 37.3 Å². The van der Waals surface area contributed by atoms with E-state index >= 15 is 4.39 Å². The quantitative estimate of drug-likeness (QED) is 0.258. The molecule has 6 nitrogen and oxygen atoms in total. The maximum absolute atomic E-state index is 16.1. The summed E-state index contributed by atoms with van der Waals surface area (Å²) in [5.74, 6) is -1.43. The fraction of sp³-hybridized carbons (Fsp3) is 0.290. The van der Waals surface area contributed by atoms with Gasteiger partial charge in [0.2, 0.25) is 5.91 Å². The van der Waals surface area contributed by atoms with Crippen LogP contribution >= 0.6 is 11.6 Å². The maximum atomic E-state index is 16.1. The van der Waals surface area contributed by atoms with Crippen molar-refractivity contribution < 1.29 is 14.3 Å². The SMILES string of the molecule is CC1(O)CCC(NCC(c2ccccc2)c2ccc(Cl)c(-c3c(C(N)=O)ccc(-n4cccn4)c3F)c2)CC1. The lowest BCUT2D eigenvalue weighted by atomic mass is 9.83. The van der Waals surface area contributed by atoms with Gasteiger partial charge in [0.1, 0.15) is 5.69 Å². The van der Waals surface area contributed by atoms with Crippen molar-refractivity contribution in [3.05, 3.63) is 107 Å². The van der Waals surface area contributed by atoms with Gasteiger partial charge in [-0.1, -0.05) is 48.0 Å². The van der Waals surface area contributed by atoms with Crippen LogP contribution in [0.25, 0.3) is 16.8 Å². The highest BCUT2D eigenvalue weighted by Gasteiger charge is 2.29. The van der Waals surface area contributed by atoms with Gasteiger partial charge in [-0.15, -0.1) is 0 Å². The average molecular weight is 547 g/mol. The highest BCUT2D eigenvalue weighted by Crippen LogP contribution is 2.38. The number of carbonyl (C=O) groups is 1. The van der Waals surface area contributed by atoms with Crippen LogP contribution in [0, 0.1) is 5.82 Å². The Kier molecular flexibility index (Phi) is 7.84. The summed E-state index contributed by atoms with van der Waals surface area (Å²) in [5.41, 5.74) is 7.79. The Morgan fingerprint density at radius 2 is 1.90 bits per heavy atom. The Morgan fingerprint density at radius 1 is 1.15 bits per heavy atom. The van der Waals surface area contributed by atoms with Crippen molar-refractivity contribution >= 4 is 17.5 Å². The van der Waals surface area contributed by atoms with Gasteiger partial charge in [0.15, 0.2) is 5.82 Å². The van der Waals surface area contributed by atoms with Gasteiger partial charge in [-0.2, -0.15) is 5.10 Å². The normalized spacial score (nSPS) is 20.1. The van der Waals surface area contributed by atoms with Crippen LogP contribution in [0.1, 0.15) is 60.0 Å². The molecule has 1 atom stereocenters. The number of amides is 1. The monoisotopic (exact) mass is 546 g/mol. The molecule has 4 aromatic rings. The second kappa shape index (κ2) is 11.3. The smallest absolute Gasteiger partial charge is 0.249 e. The predicted molar refractivity (Wildman–Crippen MR) is 152 cm³/mol. The van der Waals surface area contributed by atoms with Gasteiger partial charge in [0.05, 0.1) is 11.2 Å². The highest BCUT2D eigenvalue weighted by molar-refractivity contribution is 6.33. The molecule has 1 fully saturated rings. The number of rotatable bonds is 8. The summed E-state index contributed by atoms with van der Waals surface area (Å²) < 4.78 is 17.5. The van der Waals surface area contributed by atoms with Crippen molar-refractivity contribution in [2.45, 2.75) is 50.2 Å². The van der Waals surface area contributed by atoms with Crippen molar-refractivity contribution in [3.8, 4) is 16.8 Å². The third-order valence-electron chi connectivity index (χ3n) is 7.68. The van der Waals surface area contributed by atoms with Crippen LogP contribution in [0.4, 0.5) is 4.39 Å². The summed E-state index contributed by atoms with van der Waals surface area (Å²) in [7, 11) is 0. The first-order chi connectivity index (χ1) is 18.7. The van der Waals surface area contributed by atoms with Gasteiger partial charge < -0.3 is 16.2 Å². The second-order valence-corrected chi connectivity index (χ2v) is 10.9. The third-order valence-corrected chi connectivity index (χ3v) is 8.01. The molecule has 5 rings (SSSR count). The molecule has 0 bridgehead atoms. The van der Waals surface area contributed by atoms with E-state index in [9.17, 15) is 9.90 Å². The zero-order valence-electron chi connectivity index (χ0n) is 21.8. The van der Waals surface area contributed by atoms with Crippen molar-refractivity contribution in [1.29, 1.82) is 0 Å². The van der Waals surface area contributed by atoms with Crippen molar-refractivity contribution in [3.63, 3.8) is 0 Å². The van der Waals surface area contributed by atoms with E-state index in [4.69, 9.17) is 17.3 Å². The van der Waals surface area contributed by atoms with Gasteiger partial charge in [0, 0.05) is 47.0 Å². The molecule has 0 saturated heterocycles. The van der Waals surface area contributed by atoms with Gasteiger partial charge in [-0.25, -0.2) is 9.07 Å². The largest absolute Gasteiger partial charge is 0.390 e. The zero-order chi connectivity index (χ0) is 27.6. The van der Waals surface area contributed by atoms with Crippen LogP contribution in [-0.4, -0.2) is 39.0 Å². The Bertz CT molecular complexity index is 1450. The van der Waals surface area contributed by atoms with E-state index in [0.29, 0.717) is 23.2 Å². The Labute approximate surface area is 232 Å². The molecular formula is C31H32ClFN4O2. The number of nitrogens with two attached hydrogens (primary N) is 1. The lowest BCUT2D eigenvalue weighted by molar-refractivity contribution is 0.0141. The first kappa shape index (κ1) is 27.1. The molecule has 1 unspecified atom stereocenters. The molecule has 1 aliphatic carbocycles. The lowest BCUT2D eigenvalue weighted by Gasteiger charge is -2.34. The molecule has 1 heterocycles. The number of aromatic nitrogens is 2. The fourth-order valence-electron chi connectivity index (χ4n) is 5.42. The van der Waals surface area contributed by atoms with Crippen molar-refractivity contribution in [2.24, 2.45) is 5.73 Å². The van der Waals surface area contributed by atoms with Gasteiger partial charge >= 0.3 is 0 Å². The van der Waals surface area contributed by atoms with Gasteiger partial charge in [0.25, 0.3) is 0 Å². The fourth-order valence-corrected chi connectivity index (χ4v) is 5.63. The summed E-state index contributed by atoms with van der Waals surface area (Å²) in [5, 5.41) is 18.5. The topological polar surface area (TPSA) is 93.2 Å². The molecule has 1 amide bonds. The first-order valence-corrected chi connectivity index (χ1v) is 13.5. The third kappa shape index (κ3) is 5.91. The van der Waals surface area contributed by atoms with Crippen molar-refractivity contribution in [1.82, 2.24) is 15.1 Å². The standard InChI is InChI=1S/C31H32ClFN4O2/c1-31(39)14-12-22(13-15-31)35-19-25(20-6-3-2-4-7-20)21-8-10-26(32)24(18-21)28-23(30(34)38)9-11-27(29(28)33)37-17-5-16-36-37/h2-11,16-18,22,25,35,39H,12-15,19H2,1H3,(H2,34,38). The molecule has 1 saturated carbocycles. The van der Waals surface area contributed by atoms with E-state index < -0.39 is 17.3 Å². The Hall–Kier alpha value is -3.52. The van der Waals surface area contributed by atoms with Crippen LogP contribution in [0.15, 0.2) is 79.1 Å². The van der Waals surface area contributed by atoms with E-state index in [1.54, 1.807) is 24.5 Å². The number of hydrogen-bond donors (Lipinski definition) is 3. The molecule has 3 aromatic carbocycles. The number of carbonyl (C=O) groups excluding carboxylic acids is 1. The average Bonchev–Trinajstić information content (AvgIpc) is 3.46. The molecule has 202 valence electrons. The van der Waals surface area contributed by atoms with Crippen LogP contribution in [0.3, 0.4) is 0 Å². The van der Waals surface area contributed by atoms with Crippen LogP contribution < -0.4 is 11.1 Å². The van der Waals surface area contributed by atoms with E-state index in [-0.39, 0.29) is 22.7 Å². The molecule has 1 aliphatic rings. The number of hydrogen-bond acceptors (Lipinski definition) is 4. The minimum Gasteiger partial charge on any atom is -0.390 e. The Balaban J connectivity index is 1.55. The minimum absolute atomic E-state index is 0.0473. The lowest BCUT2D eigenvalue weighted by Crippen LogP contribution is -2.41. The van der Waals surface area contributed by atoms with Crippen molar-refractivity contribution in [2.75, 3.05) is 6.54 Å². The number of benzene rings is 3. The van der Waals surface area contributed by atoms with Crippen LogP contribution in [-0.2, 0) is 0 Å². The van der Waals surface area contributed by atoms with Crippen LogP contribution in [0.2, 0.25) is 5.02 Å². The molecular weight excluding hydrogens is 515 g/mol. The summed E-state index contributed by atoms with van der Waals surface area (Å²) in [6.07, 6.45) is 6.49. The molecule has 0 spiro atoms. The summed E-state index contributed by atoms with van der Waals surface area (Å²) >= 11 is 6.65. The van der Waals surface area contributed by atoms with E-state index in [0.717, 1.165) is 36.8 Å². The van der Waals surface area contributed by atoms with E-state index in [1.165, 1.54) is 16.8 Å². The minimum atomic E-state index is -0.744. The maximum Gasteiger partial charge on any atom is 0.249 e. The molecule has 0 aliphatic heterocycles. The molecule has 39 heavy (non-hydrogen) atoms. The number of aliphatic hydroxyl groups is 1. The summed E-state index contributed by atoms with van der Waals surface area (Å²) in [6, 6.07) is 20.6. The van der Waals surface area contributed by atoms with E-state index in [2.05, 4.69) is 22.5 Å². The number of nitrogens with one attached hydrogen (secondary N) is 1. The first-order valence-electron chi connectivity index (χ1n) is 13.2.